The zero-order chi connectivity index (χ0) is 12.0. The number of hydrogen-bond donors (Lipinski definition) is 1. The lowest BCUT2D eigenvalue weighted by molar-refractivity contribution is 0.0667. The quantitative estimate of drug-likeness (QED) is 0.749. The third-order valence-corrected chi connectivity index (χ3v) is 3.94. The Bertz CT molecular complexity index is 180. The maximum Gasteiger partial charge on any atom is 0.0246 e. The largest absolute Gasteiger partial charge is 0.315 e. The second-order valence-corrected chi connectivity index (χ2v) is 5.41. The molecule has 0 amide bonds. The van der Waals surface area contributed by atoms with Crippen LogP contribution < -0.4 is 5.32 Å². The van der Waals surface area contributed by atoms with Crippen LogP contribution in [0.15, 0.2) is 0 Å². The molecule has 1 rings (SSSR count). The van der Waals surface area contributed by atoms with Crippen LogP contribution in [0.1, 0.15) is 53.4 Å². The standard InChI is InChI=1S/C14H30N2/c1-5-13-9-7-8-10-16(13)14(12(3)4)11-15-6-2/h12-15H,5-11H2,1-4H3. The molecule has 1 fully saturated rings. The van der Waals surface area contributed by atoms with Crippen LogP contribution in [0.4, 0.5) is 0 Å². The summed E-state index contributed by atoms with van der Waals surface area (Å²) in [6, 6.07) is 1.56. The van der Waals surface area contributed by atoms with Crippen molar-refractivity contribution in [1.82, 2.24) is 10.2 Å². The number of likely N-dealkylation sites (N-methyl/N-ethyl adjacent to an activating group) is 1. The highest BCUT2D eigenvalue weighted by atomic mass is 15.2. The first kappa shape index (κ1) is 14.0. The van der Waals surface area contributed by atoms with Gasteiger partial charge in [0.05, 0.1) is 0 Å². The van der Waals surface area contributed by atoms with Crippen LogP contribution in [0, 0.1) is 5.92 Å². The molecule has 0 aromatic carbocycles. The molecule has 0 aliphatic carbocycles. The molecule has 2 atom stereocenters. The fraction of sp³-hybridized carbons (Fsp3) is 1.00. The van der Waals surface area contributed by atoms with E-state index in [0.29, 0.717) is 0 Å². The Morgan fingerprint density at radius 2 is 2.00 bits per heavy atom. The third-order valence-electron chi connectivity index (χ3n) is 3.94. The molecule has 0 radical (unpaired) electrons. The summed E-state index contributed by atoms with van der Waals surface area (Å²) in [6.45, 7) is 12.8. The average Bonchev–Trinajstić information content (AvgIpc) is 2.29. The van der Waals surface area contributed by atoms with Crippen molar-refractivity contribution >= 4 is 0 Å². The van der Waals surface area contributed by atoms with Crippen molar-refractivity contribution in [3.63, 3.8) is 0 Å². The summed E-state index contributed by atoms with van der Waals surface area (Å²) in [5.41, 5.74) is 0. The van der Waals surface area contributed by atoms with Crippen molar-refractivity contribution in [2.24, 2.45) is 5.92 Å². The zero-order valence-electron chi connectivity index (χ0n) is 11.6. The van der Waals surface area contributed by atoms with Crippen molar-refractivity contribution in [3.8, 4) is 0 Å². The van der Waals surface area contributed by atoms with E-state index in [1.807, 2.05) is 0 Å². The molecule has 0 saturated carbocycles. The minimum Gasteiger partial charge on any atom is -0.315 e. The molecule has 2 unspecified atom stereocenters. The molecule has 1 N–H and O–H groups in total. The Kier molecular flexibility index (Phi) is 6.37. The molecule has 1 saturated heterocycles. The van der Waals surface area contributed by atoms with E-state index in [-0.39, 0.29) is 0 Å². The van der Waals surface area contributed by atoms with Crippen molar-refractivity contribution < 1.29 is 0 Å². The molecule has 1 heterocycles. The monoisotopic (exact) mass is 226 g/mol. The molecule has 0 aromatic heterocycles. The van der Waals surface area contributed by atoms with Crippen LogP contribution in [0.3, 0.4) is 0 Å². The Morgan fingerprint density at radius 1 is 1.25 bits per heavy atom. The van der Waals surface area contributed by atoms with E-state index < -0.39 is 0 Å². The molecule has 2 nitrogen and oxygen atoms in total. The van der Waals surface area contributed by atoms with E-state index in [9.17, 15) is 0 Å². The second-order valence-electron chi connectivity index (χ2n) is 5.41. The van der Waals surface area contributed by atoms with Crippen LogP contribution in [0.2, 0.25) is 0 Å². The van der Waals surface area contributed by atoms with Crippen molar-refractivity contribution in [2.45, 2.75) is 65.5 Å². The van der Waals surface area contributed by atoms with Gasteiger partial charge < -0.3 is 5.32 Å². The van der Waals surface area contributed by atoms with Gasteiger partial charge in [0.15, 0.2) is 0 Å². The topological polar surface area (TPSA) is 15.3 Å². The minimum atomic E-state index is 0.727. The van der Waals surface area contributed by atoms with E-state index in [0.717, 1.165) is 31.1 Å². The maximum atomic E-state index is 3.53. The fourth-order valence-corrected chi connectivity index (χ4v) is 2.93. The van der Waals surface area contributed by atoms with Crippen molar-refractivity contribution in [1.29, 1.82) is 0 Å². The normalized spacial score (nSPS) is 24.9. The van der Waals surface area contributed by atoms with Crippen LogP contribution in [0.25, 0.3) is 0 Å². The van der Waals surface area contributed by atoms with Gasteiger partial charge in [0, 0.05) is 18.6 Å². The number of nitrogens with one attached hydrogen (secondary N) is 1. The number of likely N-dealkylation sites (tertiary alicyclic amines) is 1. The van der Waals surface area contributed by atoms with Gasteiger partial charge in [0.25, 0.3) is 0 Å². The molecular formula is C14H30N2. The highest BCUT2D eigenvalue weighted by Gasteiger charge is 2.28. The maximum absolute atomic E-state index is 3.53. The lowest BCUT2D eigenvalue weighted by Crippen LogP contribution is -2.52. The Morgan fingerprint density at radius 3 is 2.56 bits per heavy atom. The van der Waals surface area contributed by atoms with E-state index in [4.69, 9.17) is 0 Å². The predicted molar refractivity (Wildman–Crippen MR) is 71.8 cm³/mol. The zero-order valence-corrected chi connectivity index (χ0v) is 11.6. The summed E-state index contributed by atoms with van der Waals surface area (Å²) in [5.74, 6) is 0.756. The molecule has 0 aromatic rings. The van der Waals surface area contributed by atoms with Gasteiger partial charge in [-0.05, 0) is 38.3 Å². The van der Waals surface area contributed by atoms with Gasteiger partial charge in [-0.1, -0.05) is 34.1 Å². The molecule has 0 spiro atoms. The number of piperidine rings is 1. The number of nitrogens with zero attached hydrogens (tertiary/aromatic N) is 1. The molecule has 2 heteroatoms. The molecule has 1 aliphatic heterocycles. The average molecular weight is 226 g/mol. The molecule has 0 bridgehead atoms. The summed E-state index contributed by atoms with van der Waals surface area (Å²) < 4.78 is 0. The molecular weight excluding hydrogens is 196 g/mol. The van der Waals surface area contributed by atoms with E-state index in [1.54, 1.807) is 0 Å². The first-order chi connectivity index (χ1) is 7.70. The summed E-state index contributed by atoms with van der Waals surface area (Å²) in [6.07, 6.45) is 5.55. The third kappa shape index (κ3) is 3.74. The van der Waals surface area contributed by atoms with Gasteiger partial charge in [-0.3, -0.25) is 4.90 Å². The van der Waals surface area contributed by atoms with Crippen LogP contribution in [0.5, 0.6) is 0 Å². The Labute approximate surface area is 102 Å². The smallest absolute Gasteiger partial charge is 0.0246 e. The van der Waals surface area contributed by atoms with Crippen molar-refractivity contribution in [2.75, 3.05) is 19.6 Å². The lowest BCUT2D eigenvalue weighted by Gasteiger charge is -2.43. The summed E-state index contributed by atoms with van der Waals surface area (Å²) in [4.78, 5) is 2.77. The van der Waals surface area contributed by atoms with E-state index in [1.165, 1.54) is 32.2 Å². The highest BCUT2D eigenvalue weighted by Crippen LogP contribution is 2.24. The van der Waals surface area contributed by atoms with Crippen molar-refractivity contribution in [3.05, 3.63) is 0 Å². The summed E-state index contributed by atoms with van der Waals surface area (Å²) >= 11 is 0. The lowest BCUT2D eigenvalue weighted by atomic mass is 9.93. The van der Waals surface area contributed by atoms with Gasteiger partial charge >= 0.3 is 0 Å². The Hall–Kier alpha value is -0.0800. The molecule has 16 heavy (non-hydrogen) atoms. The number of rotatable bonds is 6. The van der Waals surface area contributed by atoms with E-state index in [2.05, 4.69) is 37.9 Å². The van der Waals surface area contributed by atoms with Gasteiger partial charge in [-0.15, -0.1) is 0 Å². The van der Waals surface area contributed by atoms with Gasteiger partial charge in [-0.25, -0.2) is 0 Å². The van der Waals surface area contributed by atoms with Gasteiger partial charge in [0.1, 0.15) is 0 Å². The minimum absolute atomic E-state index is 0.727. The Balaban J connectivity index is 2.58. The molecule has 1 aliphatic rings. The predicted octanol–water partition coefficient (Wildman–Crippen LogP) is 2.89. The van der Waals surface area contributed by atoms with E-state index >= 15 is 0 Å². The second kappa shape index (κ2) is 7.29. The number of hydrogen-bond acceptors (Lipinski definition) is 2. The highest BCUT2D eigenvalue weighted by molar-refractivity contribution is 4.85. The summed E-state index contributed by atoms with van der Waals surface area (Å²) in [7, 11) is 0. The first-order valence-electron chi connectivity index (χ1n) is 7.17. The fourth-order valence-electron chi connectivity index (χ4n) is 2.93. The SMILES string of the molecule is CCNCC(C(C)C)N1CCCCC1CC. The summed E-state index contributed by atoms with van der Waals surface area (Å²) in [5, 5.41) is 3.53. The van der Waals surface area contributed by atoms with Gasteiger partial charge in [-0.2, -0.15) is 0 Å². The van der Waals surface area contributed by atoms with Gasteiger partial charge in [0.2, 0.25) is 0 Å². The van der Waals surface area contributed by atoms with Crippen LogP contribution in [-0.4, -0.2) is 36.6 Å². The molecule has 96 valence electrons. The van der Waals surface area contributed by atoms with Crippen LogP contribution in [-0.2, 0) is 0 Å². The van der Waals surface area contributed by atoms with Crippen LogP contribution >= 0.6 is 0 Å². The first-order valence-corrected chi connectivity index (χ1v) is 7.17.